The van der Waals surface area contributed by atoms with Gasteiger partial charge in [-0.1, -0.05) is 18.2 Å². The van der Waals surface area contributed by atoms with E-state index in [9.17, 15) is 0 Å². The molecule has 1 aromatic carbocycles. The molecule has 0 saturated heterocycles. The fourth-order valence-corrected chi connectivity index (χ4v) is 2.55. The fourth-order valence-electron chi connectivity index (χ4n) is 2.55. The lowest BCUT2D eigenvalue weighted by atomic mass is 10.0. The lowest BCUT2D eigenvalue weighted by Crippen LogP contribution is -2.37. The Balaban J connectivity index is 2.14. The highest BCUT2D eigenvalue weighted by Crippen LogP contribution is 2.32. The van der Waals surface area contributed by atoms with Crippen LogP contribution in [0, 0.1) is 0 Å². The summed E-state index contributed by atoms with van der Waals surface area (Å²) in [5.41, 5.74) is 2.28. The summed E-state index contributed by atoms with van der Waals surface area (Å²) >= 11 is 0. The molecule has 0 saturated carbocycles. The topological polar surface area (TPSA) is 30.3 Å². The Morgan fingerprint density at radius 1 is 1.39 bits per heavy atom. The van der Waals surface area contributed by atoms with E-state index in [0.717, 1.165) is 18.7 Å². The minimum Gasteiger partial charge on any atom is -0.368 e. The van der Waals surface area contributed by atoms with Gasteiger partial charge in [-0.05, 0) is 27.1 Å². The van der Waals surface area contributed by atoms with Crippen LogP contribution in [0.25, 0.3) is 10.9 Å². The summed E-state index contributed by atoms with van der Waals surface area (Å²) in [4.78, 5) is 2.20. The molecule has 1 aliphatic heterocycles. The van der Waals surface area contributed by atoms with E-state index in [0.29, 0.717) is 6.04 Å². The van der Waals surface area contributed by atoms with Gasteiger partial charge in [0.2, 0.25) is 0 Å². The van der Waals surface area contributed by atoms with Crippen LogP contribution in [0.15, 0.2) is 24.3 Å². The number of nitrogens with zero attached hydrogens (tertiary/aromatic N) is 3. The predicted octanol–water partition coefficient (Wildman–Crippen LogP) is 2.06. The van der Waals surface area contributed by atoms with Crippen molar-refractivity contribution < 1.29 is 4.74 Å². The average molecular weight is 245 g/mol. The first kappa shape index (κ1) is 11.7. The lowest BCUT2D eigenvalue weighted by Gasteiger charge is -2.33. The van der Waals surface area contributed by atoms with E-state index < -0.39 is 0 Å². The van der Waals surface area contributed by atoms with Gasteiger partial charge in [-0.2, -0.15) is 5.10 Å². The molecule has 0 aliphatic carbocycles. The van der Waals surface area contributed by atoms with Crippen LogP contribution in [-0.2, 0) is 11.3 Å². The molecule has 4 heteroatoms. The van der Waals surface area contributed by atoms with Gasteiger partial charge in [-0.3, -0.25) is 4.68 Å². The van der Waals surface area contributed by atoms with Crippen LogP contribution >= 0.6 is 0 Å². The van der Waals surface area contributed by atoms with Crippen LogP contribution in [0.1, 0.15) is 18.7 Å². The fraction of sp³-hybridized carbons (Fsp3) is 0.500. The Hall–Kier alpha value is -1.39. The maximum Gasteiger partial charge on any atom is 0.115 e. The number of ether oxygens (including phenoxy) is 1. The number of hydrogen-bond donors (Lipinski definition) is 0. The third kappa shape index (κ3) is 1.72. The highest BCUT2D eigenvalue weighted by atomic mass is 16.5. The van der Waals surface area contributed by atoms with Crippen molar-refractivity contribution in [3.05, 3.63) is 30.0 Å². The van der Waals surface area contributed by atoms with Gasteiger partial charge in [0, 0.05) is 11.4 Å². The zero-order valence-corrected chi connectivity index (χ0v) is 11.1. The number of aromatic nitrogens is 2. The molecule has 96 valence electrons. The summed E-state index contributed by atoms with van der Waals surface area (Å²) < 4.78 is 8.10. The van der Waals surface area contributed by atoms with Crippen LogP contribution < -0.4 is 0 Å². The van der Waals surface area contributed by atoms with E-state index >= 15 is 0 Å². The molecule has 0 radical (unpaired) electrons. The van der Waals surface area contributed by atoms with Crippen LogP contribution in [0.2, 0.25) is 0 Å². The summed E-state index contributed by atoms with van der Waals surface area (Å²) in [6.45, 7) is 3.78. The number of fused-ring (bicyclic) bond motifs is 3. The third-order valence-electron chi connectivity index (χ3n) is 3.81. The molecule has 1 aromatic heterocycles. The van der Waals surface area contributed by atoms with Crippen LogP contribution in [0.5, 0.6) is 0 Å². The molecular weight excluding hydrogens is 226 g/mol. The number of likely N-dealkylation sites (N-methyl/N-ethyl adjacent to an activating group) is 1. The van der Waals surface area contributed by atoms with Crippen molar-refractivity contribution >= 4 is 10.9 Å². The van der Waals surface area contributed by atoms with Gasteiger partial charge in [0.1, 0.15) is 6.10 Å². The molecule has 0 fully saturated rings. The van der Waals surface area contributed by atoms with E-state index in [2.05, 4.69) is 53.9 Å². The van der Waals surface area contributed by atoms with Gasteiger partial charge < -0.3 is 9.64 Å². The minimum atomic E-state index is 0.0983. The maximum absolute atomic E-state index is 5.99. The maximum atomic E-state index is 5.99. The summed E-state index contributed by atoms with van der Waals surface area (Å²) in [5, 5.41) is 5.88. The second kappa shape index (κ2) is 4.37. The molecule has 4 nitrogen and oxygen atoms in total. The highest BCUT2D eigenvalue weighted by Gasteiger charge is 2.30. The normalized spacial score (nSPS) is 21.2. The summed E-state index contributed by atoms with van der Waals surface area (Å²) in [6.07, 6.45) is 0.0983. The van der Waals surface area contributed by atoms with Crippen molar-refractivity contribution in [2.75, 3.05) is 20.7 Å². The third-order valence-corrected chi connectivity index (χ3v) is 3.81. The quantitative estimate of drug-likeness (QED) is 0.811. The van der Waals surface area contributed by atoms with Crippen molar-refractivity contribution in [3.8, 4) is 0 Å². The van der Waals surface area contributed by atoms with Gasteiger partial charge in [0.15, 0.2) is 0 Å². The van der Waals surface area contributed by atoms with Crippen molar-refractivity contribution in [1.82, 2.24) is 14.7 Å². The van der Waals surface area contributed by atoms with Crippen molar-refractivity contribution in [2.24, 2.45) is 0 Å². The lowest BCUT2D eigenvalue weighted by molar-refractivity contribution is -0.0247. The molecule has 2 atom stereocenters. The Bertz CT molecular complexity index is 561. The SMILES string of the molecule is C[C@H]([C@H]1OCCn2nc3ccccc3c21)N(C)C. The molecule has 2 aromatic rings. The van der Waals surface area contributed by atoms with Crippen molar-refractivity contribution in [1.29, 1.82) is 0 Å². The average Bonchev–Trinajstić information content (AvgIpc) is 2.76. The zero-order chi connectivity index (χ0) is 12.7. The molecular formula is C14H19N3O. The van der Waals surface area contributed by atoms with Gasteiger partial charge in [0.25, 0.3) is 0 Å². The Morgan fingerprint density at radius 3 is 2.94 bits per heavy atom. The van der Waals surface area contributed by atoms with E-state index in [1.54, 1.807) is 0 Å². The number of benzene rings is 1. The minimum absolute atomic E-state index is 0.0983. The van der Waals surface area contributed by atoms with Gasteiger partial charge in [0.05, 0.1) is 24.4 Å². The zero-order valence-electron chi connectivity index (χ0n) is 11.1. The van der Waals surface area contributed by atoms with Crippen molar-refractivity contribution in [3.63, 3.8) is 0 Å². The van der Waals surface area contributed by atoms with Crippen LogP contribution in [0.3, 0.4) is 0 Å². The molecule has 0 amide bonds. The van der Waals surface area contributed by atoms with Crippen molar-refractivity contribution in [2.45, 2.75) is 25.6 Å². The molecule has 0 N–H and O–H groups in total. The summed E-state index contributed by atoms with van der Waals surface area (Å²) in [6, 6.07) is 8.64. The van der Waals surface area contributed by atoms with Crippen LogP contribution in [0.4, 0.5) is 0 Å². The highest BCUT2D eigenvalue weighted by molar-refractivity contribution is 5.82. The standard InChI is InChI=1S/C14H19N3O/c1-10(16(2)3)14-13-11-6-4-5-7-12(11)15-17(13)8-9-18-14/h4-7,10,14H,8-9H2,1-3H3/t10-,14-/m1/s1. The summed E-state index contributed by atoms with van der Waals surface area (Å²) in [5.74, 6) is 0. The van der Waals surface area contributed by atoms with Gasteiger partial charge in [-0.25, -0.2) is 0 Å². The van der Waals surface area contributed by atoms with E-state index in [4.69, 9.17) is 4.74 Å². The molecule has 0 spiro atoms. The van der Waals surface area contributed by atoms with Gasteiger partial charge in [-0.15, -0.1) is 0 Å². The second-order valence-corrected chi connectivity index (χ2v) is 5.12. The van der Waals surface area contributed by atoms with E-state index in [1.807, 2.05) is 6.07 Å². The van der Waals surface area contributed by atoms with E-state index in [-0.39, 0.29) is 6.10 Å². The Morgan fingerprint density at radius 2 is 2.17 bits per heavy atom. The molecule has 18 heavy (non-hydrogen) atoms. The van der Waals surface area contributed by atoms with Gasteiger partial charge >= 0.3 is 0 Å². The Labute approximate surface area is 107 Å². The van der Waals surface area contributed by atoms with E-state index in [1.165, 1.54) is 11.1 Å². The Kier molecular flexibility index (Phi) is 2.84. The molecule has 0 bridgehead atoms. The first-order valence-corrected chi connectivity index (χ1v) is 6.42. The molecule has 2 heterocycles. The predicted molar refractivity (Wildman–Crippen MR) is 71.6 cm³/mol. The molecule has 1 aliphatic rings. The smallest absolute Gasteiger partial charge is 0.115 e. The first-order chi connectivity index (χ1) is 8.68. The molecule has 0 unspecified atom stereocenters. The number of hydrogen-bond acceptors (Lipinski definition) is 3. The summed E-state index contributed by atoms with van der Waals surface area (Å²) in [7, 11) is 4.18. The number of rotatable bonds is 2. The molecule has 3 rings (SSSR count). The monoisotopic (exact) mass is 245 g/mol. The largest absolute Gasteiger partial charge is 0.368 e. The first-order valence-electron chi connectivity index (χ1n) is 6.42. The second-order valence-electron chi connectivity index (χ2n) is 5.12. The van der Waals surface area contributed by atoms with Crippen LogP contribution in [-0.4, -0.2) is 41.4 Å².